The van der Waals surface area contributed by atoms with Gasteiger partial charge >= 0.3 is 6.18 Å². The number of carbonyl (C=O) groups excluding carboxylic acids is 2. The maximum Gasteiger partial charge on any atom is 0.416 e. The number of carbonyl (C=O) groups is 2. The van der Waals surface area contributed by atoms with Gasteiger partial charge in [-0.3, -0.25) is 14.5 Å². The summed E-state index contributed by atoms with van der Waals surface area (Å²) in [6, 6.07) is 4.33. The molecule has 7 heteroatoms. The van der Waals surface area contributed by atoms with Crippen LogP contribution in [0, 0.1) is 0 Å². The second-order valence-electron chi connectivity index (χ2n) is 3.92. The molecule has 1 heterocycles. The van der Waals surface area contributed by atoms with Gasteiger partial charge in [0.05, 0.1) is 16.6 Å². The van der Waals surface area contributed by atoms with Gasteiger partial charge in [0.15, 0.2) is 0 Å². The standard InChI is InChI=1S/C12H7BrF3NO2/c13-9-5-10(18)17(11(9)19)6-7-1-3-8(4-2-7)12(14,15)16/h1-5H,6H2. The smallest absolute Gasteiger partial charge is 0.270 e. The number of nitrogens with zero attached hydrogens (tertiary/aromatic N) is 1. The highest BCUT2D eigenvalue weighted by atomic mass is 79.9. The molecule has 0 N–H and O–H groups in total. The molecule has 1 aromatic carbocycles. The zero-order valence-electron chi connectivity index (χ0n) is 9.37. The van der Waals surface area contributed by atoms with E-state index in [9.17, 15) is 22.8 Å². The summed E-state index contributed by atoms with van der Waals surface area (Å²) in [7, 11) is 0. The van der Waals surface area contributed by atoms with E-state index in [-0.39, 0.29) is 11.0 Å². The van der Waals surface area contributed by atoms with E-state index < -0.39 is 23.6 Å². The molecule has 0 unspecified atom stereocenters. The van der Waals surface area contributed by atoms with Crippen molar-refractivity contribution in [2.45, 2.75) is 12.7 Å². The molecular weight excluding hydrogens is 327 g/mol. The van der Waals surface area contributed by atoms with Crippen LogP contribution in [-0.2, 0) is 22.3 Å². The second kappa shape index (κ2) is 4.80. The summed E-state index contributed by atoms with van der Waals surface area (Å²) < 4.78 is 37.2. The van der Waals surface area contributed by atoms with Gasteiger partial charge in [-0.1, -0.05) is 12.1 Å². The highest BCUT2D eigenvalue weighted by Crippen LogP contribution is 2.29. The molecule has 1 aliphatic heterocycles. The zero-order chi connectivity index (χ0) is 14.2. The molecule has 2 amide bonds. The Morgan fingerprint density at radius 1 is 1.11 bits per heavy atom. The van der Waals surface area contributed by atoms with Gasteiger partial charge in [-0.05, 0) is 33.6 Å². The van der Waals surface area contributed by atoms with Crippen LogP contribution in [0.4, 0.5) is 13.2 Å². The first-order chi connectivity index (χ1) is 8.79. The number of amides is 2. The van der Waals surface area contributed by atoms with E-state index >= 15 is 0 Å². The number of hydrogen-bond acceptors (Lipinski definition) is 2. The fourth-order valence-corrected chi connectivity index (χ4v) is 2.02. The fraction of sp³-hybridized carbons (Fsp3) is 0.167. The zero-order valence-corrected chi connectivity index (χ0v) is 11.0. The molecule has 19 heavy (non-hydrogen) atoms. The van der Waals surface area contributed by atoms with Gasteiger partial charge in [-0.2, -0.15) is 13.2 Å². The lowest BCUT2D eigenvalue weighted by atomic mass is 10.1. The van der Waals surface area contributed by atoms with E-state index in [4.69, 9.17) is 0 Å². The quantitative estimate of drug-likeness (QED) is 0.780. The summed E-state index contributed by atoms with van der Waals surface area (Å²) >= 11 is 2.94. The molecule has 100 valence electrons. The molecule has 0 radical (unpaired) electrons. The molecule has 0 saturated carbocycles. The fourth-order valence-electron chi connectivity index (χ4n) is 1.61. The van der Waals surface area contributed by atoms with Crippen LogP contribution in [0.3, 0.4) is 0 Å². The molecule has 0 spiro atoms. The Hall–Kier alpha value is -1.63. The van der Waals surface area contributed by atoms with Crippen molar-refractivity contribution in [1.29, 1.82) is 0 Å². The summed E-state index contributed by atoms with van der Waals surface area (Å²) in [5.74, 6) is -0.985. The van der Waals surface area contributed by atoms with Gasteiger partial charge in [-0.25, -0.2) is 0 Å². The van der Waals surface area contributed by atoms with E-state index in [1.807, 2.05) is 0 Å². The third kappa shape index (κ3) is 2.86. The van der Waals surface area contributed by atoms with E-state index in [2.05, 4.69) is 15.9 Å². The van der Waals surface area contributed by atoms with Crippen LogP contribution in [-0.4, -0.2) is 16.7 Å². The maximum atomic E-state index is 12.4. The monoisotopic (exact) mass is 333 g/mol. The van der Waals surface area contributed by atoms with Crippen molar-refractivity contribution in [3.63, 3.8) is 0 Å². The minimum atomic E-state index is -4.40. The number of hydrogen-bond donors (Lipinski definition) is 0. The average Bonchev–Trinajstić information content (AvgIpc) is 2.56. The Morgan fingerprint density at radius 3 is 2.11 bits per heavy atom. The van der Waals surface area contributed by atoms with Crippen molar-refractivity contribution in [2.24, 2.45) is 0 Å². The summed E-state index contributed by atoms with van der Waals surface area (Å²) in [6.45, 7) is -0.0542. The molecule has 3 nitrogen and oxygen atoms in total. The van der Waals surface area contributed by atoms with E-state index in [0.717, 1.165) is 23.1 Å². The third-order valence-corrected chi connectivity index (χ3v) is 3.16. The molecular formula is C12H7BrF3NO2. The van der Waals surface area contributed by atoms with Crippen LogP contribution in [0.15, 0.2) is 34.8 Å². The van der Waals surface area contributed by atoms with Crippen LogP contribution in [0.1, 0.15) is 11.1 Å². The van der Waals surface area contributed by atoms with E-state index in [1.165, 1.54) is 12.1 Å². The molecule has 0 fully saturated rings. The first-order valence-electron chi connectivity index (χ1n) is 5.18. The normalized spacial score (nSPS) is 16.0. The van der Waals surface area contributed by atoms with Crippen LogP contribution in [0.25, 0.3) is 0 Å². The predicted molar refractivity (Wildman–Crippen MR) is 64.0 cm³/mol. The molecule has 1 aromatic rings. The largest absolute Gasteiger partial charge is 0.416 e. The van der Waals surface area contributed by atoms with Crippen molar-refractivity contribution in [3.05, 3.63) is 46.0 Å². The Morgan fingerprint density at radius 2 is 1.68 bits per heavy atom. The SMILES string of the molecule is O=C1C=C(Br)C(=O)N1Cc1ccc(C(F)(F)F)cc1. The van der Waals surface area contributed by atoms with Crippen molar-refractivity contribution >= 4 is 27.7 Å². The second-order valence-corrected chi connectivity index (χ2v) is 4.77. The first kappa shape index (κ1) is 13.8. The van der Waals surface area contributed by atoms with Crippen molar-refractivity contribution in [1.82, 2.24) is 4.90 Å². The lowest BCUT2D eigenvalue weighted by Crippen LogP contribution is -2.29. The third-order valence-electron chi connectivity index (χ3n) is 2.59. The van der Waals surface area contributed by atoms with Gasteiger partial charge in [0, 0.05) is 6.08 Å². The van der Waals surface area contributed by atoms with Crippen LogP contribution < -0.4 is 0 Å². The molecule has 0 saturated heterocycles. The summed E-state index contributed by atoms with van der Waals surface area (Å²) in [5, 5.41) is 0. The number of benzene rings is 1. The van der Waals surface area contributed by atoms with Crippen molar-refractivity contribution < 1.29 is 22.8 Å². The summed E-state index contributed by atoms with van der Waals surface area (Å²) in [6.07, 6.45) is -3.27. The highest BCUT2D eigenvalue weighted by Gasteiger charge is 2.31. The molecule has 2 rings (SSSR count). The van der Waals surface area contributed by atoms with Crippen molar-refractivity contribution in [3.8, 4) is 0 Å². The highest BCUT2D eigenvalue weighted by molar-refractivity contribution is 9.12. The first-order valence-corrected chi connectivity index (χ1v) is 5.97. The molecule has 0 aliphatic carbocycles. The Labute approximate surface area is 114 Å². The Bertz CT molecular complexity index is 563. The average molecular weight is 334 g/mol. The summed E-state index contributed by atoms with van der Waals surface area (Å²) in [5.41, 5.74) is -0.320. The molecule has 0 aromatic heterocycles. The van der Waals surface area contributed by atoms with Gasteiger partial charge in [-0.15, -0.1) is 0 Å². The lowest BCUT2D eigenvalue weighted by molar-refractivity contribution is -0.139. The Balaban J connectivity index is 2.13. The number of imide groups is 1. The lowest BCUT2D eigenvalue weighted by Gasteiger charge is -2.14. The molecule has 0 atom stereocenters. The van der Waals surface area contributed by atoms with Gasteiger partial charge in [0.25, 0.3) is 11.8 Å². The minimum Gasteiger partial charge on any atom is -0.270 e. The molecule has 0 bridgehead atoms. The number of rotatable bonds is 2. The topological polar surface area (TPSA) is 37.4 Å². The Kier molecular flexibility index (Phi) is 3.49. The number of alkyl halides is 3. The summed E-state index contributed by atoms with van der Waals surface area (Å²) in [4.78, 5) is 24.0. The van der Waals surface area contributed by atoms with Crippen LogP contribution in [0.5, 0.6) is 0 Å². The predicted octanol–water partition coefficient (Wildman–Crippen LogP) is 2.85. The van der Waals surface area contributed by atoms with Gasteiger partial charge < -0.3 is 0 Å². The van der Waals surface area contributed by atoms with Crippen molar-refractivity contribution in [2.75, 3.05) is 0 Å². The van der Waals surface area contributed by atoms with Gasteiger partial charge in [0.2, 0.25) is 0 Å². The van der Waals surface area contributed by atoms with E-state index in [0.29, 0.717) is 5.56 Å². The van der Waals surface area contributed by atoms with Crippen LogP contribution >= 0.6 is 15.9 Å². The van der Waals surface area contributed by atoms with Gasteiger partial charge in [0.1, 0.15) is 0 Å². The van der Waals surface area contributed by atoms with E-state index in [1.54, 1.807) is 0 Å². The number of halogens is 4. The maximum absolute atomic E-state index is 12.4. The minimum absolute atomic E-state index is 0.0542. The molecule has 1 aliphatic rings. The van der Waals surface area contributed by atoms with Crippen LogP contribution in [0.2, 0.25) is 0 Å².